The van der Waals surface area contributed by atoms with E-state index in [-0.39, 0.29) is 11.9 Å². The van der Waals surface area contributed by atoms with E-state index in [1.165, 1.54) is 51.5 Å². The van der Waals surface area contributed by atoms with Crippen molar-refractivity contribution in [2.45, 2.75) is 70.4 Å². The third-order valence-corrected chi connectivity index (χ3v) is 6.04. The lowest BCUT2D eigenvalue weighted by Crippen LogP contribution is -2.51. The van der Waals surface area contributed by atoms with E-state index in [1.807, 2.05) is 35.9 Å². The van der Waals surface area contributed by atoms with Gasteiger partial charge in [0.25, 0.3) is 5.91 Å². The second-order valence-electron chi connectivity index (χ2n) is 8.00. The maximum absolute atomic E-state index is 12.7. The number of amides is 1. The van der Waals surface area contributed by atoms with E-state index in [4.69, 9.17) is 0 Å². The fourth-order valence-electron chi connectivity index (χ4n) is 4.60. The van der Waals surface area contributed by atoms with Gasteiger partial charge in [0, 0.05) is 31.0 Å². The lowest BCUT2D eigenvalue weighted by molar-refractivity contribution is 0.0856. The molecule has 1 atom stereocenters. The average Bonchev–Trinajstić information content (AvgIpc) is 2.91. The topological polar surface area (TPSA) is 49.6 Å². The van der Waals surface area contributed by atoms with Crippen molar-refractivity contribution >= 4 is 11.6 Å². The smallest absolute Gasteiger partial charge is 0.271 e. The maximum Gasteiger partial charge on any atom is 0.271 e. The summed E-state index contributed by atoms with van der Waals surface area (Å²) in [6.07, 6.45) is 14.2. The van der Waals surface area contributed by atoms with Crippen molar-refractivity contribution in [1.82, 2.24) is 19.6 Å². The van der Waals surface area contributed by atoms with E-state index in [9.17, 15) is 4.79 Å². The highest BCUT2D eigenvalue weighted by Gasteiger charge is 2.27. The number of hydrogen-bond donors (Lipinski definition) is 1. The minimum absolute atomic E-state index is 0.0409. The van der Waals surface area contributed by atoms with E-state index in [2.05, 4.69) is 15.2 Å². The molecule has 2 fully saturated rings. The first kappa shape index (κ1) is 17.5. The van der Waals surface area contributed by atoms with Crippen molar-refractivity contribution in [2.24, 2.45) is 0 Å². The number of likely N-dealkylation sites (tertiary alicyclic amines) is 1. The van der Waals surface area contributed by atoms with Crippen LogP contribution < -0.4 is 5.32 Å². The van der Waals surface area contributed by atoms with Gasteiger partial charge < -0.3 is 9.72 Å². The lowest BCUT2D eigenvalue weighted by atomic mass is 10.00. The van der Waals surface area contributed by atoms with Crippen LogP contribution in [0.4, 0.5) is 0 Å². The Morgan fingerprint density at radius 2 is 1.96 bits per heavy atom. The van der Waals surface area contributed by atoms with Crippen LogP contribution in [0.25, 0.3) is 5.65 Å². The van der Waals surface area contributed by atoms with Gasteiger partial charge in [-0.1, -0.05) is 31.7 Å². The summed E-state index contributed by atoms with van der Waals surface area (Å²) in [5.74, 6) is -0.0409. The second kappa shape index (κ2) is 7.78. The van der Waals surface area contributed by atoms with E-state index in [0.717, 1.165) is 30.2 Å². The zero-order chi connectivity index (χ0) is 17.9. The molecule has 2 aromatic heterocycles. The van der Waals surface area contributed by atoms with E-state index < -0.39 is 0 Å². The Hall–Kier alpha value is -1.88. The number of carbonyl (C=O) groups is 1. The number of nitrogens with zero attached hydrogens (tertiary/aromatic N) is 3. The van der Waals surface area contributed by atoms with E-state index in [1.54, 1.807) is 0 Å². The molecule has 0 bridgehead atoms. The Kier molecular flexibility index (Phi) is 5.25. The number of imidazole rings is 1. The molecule has 2 aromatic rings. The molecule has 0 spiro atoms. The Morgan fingerprint density at radius 3 is 2.73 bits per heavy atom. The summed E-state index contributed by atoms with van der Waals surface area (Å²) in [5, 5.41) is 3.24. The monoisotopic (exact) mass is 354 g/mol. The van der Waals surface area contributed by atoms with Crippen molar-refractivity contribution in [3.63, 3.8) is 0 Å². The SMILES string of the molecule is Cc1cccn2cc(C(=O)NC3CCCN(C4CCCCCC4)C3)nc12. The number of fused-ring (bicyclic) bond motifs is 1. The molecule has 140 valence electrons. The summed E-state index contributed by atoms with van der Waals surface area (Å²) in [6, 6.07) is 4.97. The molecule has 0 aromatic carbocycles. The van der Waals surface area contributed by atoms with Gasteiger partial charge in [0.2, 0.25) is 0 Å². The molecular formula is C21H30N4O. The Morgan fingerprint density at radius 1 is 1.15 bits per heavy atom. The highest BCUT2D eigenvalue weighted by molar-refractivity contribution is 5.93. The summed E-state index contributed by atoms with van der Waals surface area (Å²) in [6.45, 7) is 4.20. The van der Waals surface area contributed by atoms with Crippen LogP contribution in [0.15, 0.2) is 24.5 Å². The minimum atomic E-state index is -0.0409. The fraction of sp³-hybridized carbons (Fsp3) is 0.619. The van der Waals surface area contributed by atoms with Crippen LogP contribution in [0.2, 0.25) is 0 Å². The standard InChI is InChI=1S/C21H30N4O/c1-16-8-6-13-25-15-19(23-20(16)25)21(26)22-17-9-7-12-24(14-17)18-10-4-2-3-5-11-18/h6,8,13,15,17-18H,2-5,7,9-12,14H2,1H3,(H,22,26). The quantitative estimate of drug-likeness (QED) is 0.858. The average molecular weight is 354 g/mol. The molecule has 0 radical (unpaired) electrons. The third-order valence-electron chi connectivity index (χ3n) is 6.04. The predicted octanol–water partition coefficient (Wildman–Crippen LogP) is 3.56. The number of aromatic nitrogens is 2. The first-order chi connectivity index (χ1) is 12.7. The summed E-state index contributed by atoms with van der Waals surface area (Å²) < 4.78 is 1.93. The first-order valence-corrected chi connectivity index (χ1v) is 10.2. The summed E-state index contributed by atoms with van der Waals surface area (Å²) in [7, 11) is 0. The van der Waals surface area contributed by atoms with Gasteiger partial charge in [0.05, 0.1) is 0 Å². The van der Waals surface area contributed by atoms with Crippen molar-refractivity contribution in [2.75, 3.05) is 13.1 Å². The molecule has 1 N–H and O–H groups in total. The van der Waals surface area contributed by atoms with Crippen molar-refractivity contribution < 1.29 is 4.79 Å². The van der Waals surface area contributed by atoms with Gasteiger partial charge in [-0.15, -0.1) is 0 Å². The van der Waals surface area contributed by atoms with E-state index >= 15 is 0 Å². The van der Waals surface area contributed by atoms with Gasteiger partial charge in [-0.2, -0.15) is 0 Å². The van der Waals surface area contributed by atoms with Gasteiger partial charge in [-0.25, -0.2) is 4.98 Å². The highest BCUT2D eigenvalue weighted by Crippen LogP contribution is 2.24. The predicted molar refractivity (Wildman–Crippen MR) is 103 cm³/mol. The molecule has 5 heteroatoms. The van der Waals surface area contributed by atoms with Crippen molar-refractivity contribution in [1.29, 1.82) is 0 Å². The second-order valence-corrected chi connectivity index (χ2v) is 8.00. The van der Waals surface area contributed by atoms with Crippen LogP contribution in [0, 0.1) is 6.92 Å². The number of rotatable bonds is 3. The molecule has 26 heavy (non-hydrogen) atoms. The van der Waals surface area contributed by atoms with Crippen LogP contribution in [0.5, 0.6) is 0 Å². The number of pyridine rings is 1. The fourth-order valence-corrected chi connectivity index (χ4v) is 4.60. The number of hydrogen-bond acceptors (Lipinski definition) is 3. The number of carbonyl (C=O) groups excluding carboxylic acids is 1. The number of piperidine rings is 1. The maximum atomic E-state index is 12.7. The van der Waals surface area contributed by atoms with Crippen LogP contribution in [-0.2, 0) is 0 Å². The molecular weight excluding hydrogens is 324 g/mol. The molecule has 3 heterocycles. The van der Waals surface area contributed by atoms with Crippen LogP contribution >= 0.6 is 0 Å². The number of aryl methyl sites for hydroxylation is 1. The Balaban J connectivity index is 1.40. The molecule has 1 aliphatic heterocycles. The largest absolute Gasteiger partial charge is 0.347 e. The molecule has 1 unspecified atom stereocenters. The van der Waals surface area contributed by atoms with Crippen molar-refractivity contribution in [3.05, 3.63) is 35.8 Å². The van der Waals surface area contributed by atoms with Crippen LogP contribution in [0.3, 0.4) is 0 Å². The van der Waals surface area contributed by atoms with Gasteiger partial charge in [-0.05, 0) is 50.8 Å². The van der Waals surface area contributed by atoms with Crippen LogP contribution in [-0.4, -0.2) is 45.4 Å². The molecule has 1 amide bonds. The molecule has 1 aliphatic carbocycles. The van der Waals surface area contributed by atoms with Gasteiger partial charge in [-0.3, -0.25) is 9.69 Å². The molecule has 2 aliphatic rings. The first-order valence-electron chi connectivity index (χ1n) is 10.2. The number of nitrogens with one attached hydrogen (secondary N) is 1. The Bertz CT molecular complexity index is 760. The molecule has 1 saturated carbocycles. The normalized spacial score (nSPS) is 23.0. The van der Waals surface area contributed by atoms with E-state index in [0.29, 0.717) is 5.69 Å². The zero-order valence-corrected chi connectivity index (χ0v) is 15.8. The van der Waals surface area contributed by atoms with Crippen LogP contribution in [0.1, 0.15) is 67.4 Å². The molecule has 4 rings (SSSR count). The van der Waals surface area contributed by atoms with Gasteiger partial charge >= 0.3 is 0 Å². The third kappa shape index (κ3) is 3.78. The zero-order valence-electron chi connectivity index (χ0n) is 15.8. The molecule has 5 nitrogen and oxygen atoms in total. The van der Waals surface area contributed by atoms with Crippen molar-refractivity contribution in [3.8, 4) is 0 Å². The van der Waals surface area contributed by atoms with Gasteiger partial charge in [0.15, 0.2) is 0 Å². The highest BCUT2D eigenvalue weighted by atomic mass is 16.2. The summed E-state index contributed by atoms with van der Waals surface area (Å²) in [5.41, 5.74) is 2.47. The molecule has 1 saturated heterocycles. The summed E-state index contributed by atoms with van der Waals surface area (Å²) in [4.78, 5) is 19.9. The Labute approximate surface area is 155 Å². The lowest BCUT2D eigenvalue weighted by Gasteiger charge is -2.38. The minimum Gasteiger partial charge on any atom is -0.347 e. The van der Waals surface area contributed by atoms with Gasteiger partial charge in [0.1, 0.15) is 11.3 Å². The summed E-state index contributed by atoms with van der Waals surface area (Å²) >= 11 is 0.